The topological polar surface area (TPSA) is 41.6 Å². The summed E-state index contributed by atoms with van der Waals surface area (Å²) in [7, 11) is 0. The summed E-state index contributed by atoms with van der Waals surface area (Å²) >= 11 is 5.26. The average molecular weight is 392 g/mol. The van der Waals surface area contributed by atoms with Crippen molar-refractivity contribution in [2.45, 2.75) is 6.92 Å². The Morgan fingerprint density at radius 3 is 2.54 bits per heavy atom. The van der Waals surface area contributed by atoms with Gasteiger partial charge in [0.2, 0.25) is 5.91 Å². The number of hydrogen-bond donors (Lipinski definition) is 1. The maximum absolute atomic E-state index is 13.9. The molecule has 0 saturated carbocycles. The Morgan fingerprint density at radius 2 is 1.86 bits per heavy atom. The van der Waals surface area contributed by atoms with E-state index in [4.69, 9.17) is 17.0 Å². The first kappa shape index (κ1) is 18.1. The number of thiocarbonyl (C=S) groups is 1. The smallest absolute Gasteiger partial charge is 0.246 e. The standard InChI is InChI=1S/C22H17FN2O2S/c1-14-10-17(25-13-20(26)24-22(25)28)12-19(15-6-5-7-16(23)11-15)21(14)27-18-8-3-2-4-9-18/h2-12H,13H2,1H3,(H,24,26,28). The van der Waals surface area contributed by atoms with Crippen LogP contribution in [0.5, 0.6) is 11.5 Å². The number of halogens is 1. The van der Waals surface area contributed by atoms with Crippen molar-refractivity contribution in [3.8, 4) is 22.6 Å². The molecule has 6 heteroatoms. The molecular formula is C22H17FN2O2S. The number of hydrogen-bond acceptors (Lipinski definition) is 3. The third kappa shape index (κ3) is 3.59. The third-order valence-electron chi connectivity index (χ3n) is 4.46. The summed E-state index contributed by atoms with van der Waals surface area (Å²) in [6.45, 7) is 2.07. The first-order valence-corrected chi connectivity index (χ1v) is 9.17. The number of benzene rings is 3. The average Bonchev–Trinajstić information content (AvgIpc) is 3.02. The van der Waals surface area contributed by atoms with E-state index in [1.54, 1.807) is 11.0 Å². The summed E-state index contributed by atoms with van der Waals surface area (Å²) in [5.74, 6) is 0.828. The van der Waals surface area contributed by atoms with Gasteiger partial charge >= 0.3 is 0 Å². The summed E-state index contributed by atoms with van der Waals surface area (Å²) in [6, 6.07) is 19.5. The molecule has 0 aromatic heterocycles. The van der Waals surface area contributed by atoms with Gasteiger partial charge in [0.05, 0.1) is 0 Å². The van der Waals surface area contributed by atoms with E-state index < -0.39 is 0 Å². The first-order valence-electron chi connectivity index (χ1n) is 8.76. The Bertz CT molecular complexity index is 1070. The van der Waals surface area contributed by atoms with Crippen LogP contribution in [-0.4, -0.2) is 17.6 Å². The van der Waals surface area contributed by atoms with Crippen molar-refractivity contribution >= 4 is 28.9 Å². The minimum absolute atomic E-state index is 0.153. The van der Waals surface area contributed by atoms with Crippen molar-refractivity contribution < 1.29 is 13.9 Å². The molecule has 1 amide bonds. The fourth-order valence-corrected chi connectivity index (χ4v) is 3.46. The minimum Gasteiger partial charge on any atom is -0.456 e. The van der Waals surface area contributed by atoms with Gasteiger partial charge in [-0.1, -0.05) is 30.3 Å². The summed E-state index contributed by atoms with van der Waals surface area (Å²) in [4.78, 5) is 13.4. The molecule has 4 nitrogen and oxygen atoms in total. The Kier molecular flexibility index (Phi) is 4.79. The molecule has 1 saturated heterocycles. The van der Waals surface area contributed by atoms with Gasteiger partial charge in [-0.25, -0.2) is 4.39 Å². The van der Waals surface area contributed by atoms with Crippen LogP contribution >= 0.6 is 12.2 Å². The molecule has 3 aromatic carbocycles. The molecule has 1 aliphatic heterocycles. The van der Waals surface area contributed by atoms with Crippen LogP contribution in [0.25, 0.3) is 11.1 Å². The highest BCUT2D eigenvalue weighted by Crippen LogP contribution is 2.40. The Morgan fingerprint density at radius 1 is 1.07 bits per heavy atom. The molecule has 0 spiro atoms. The van der Waals surface area contributed by atoms with Crippen molar-refractivity contribution in [3.63, 3.8) is 0 Å². The summed E-state index contributed by atoms with van der Waals surface area (Å²) in [5, 5.41) is 2.99. The summed E-state index contributed by atoms with van der Waals surface area (Å²) in [6.07, 6.45) is 0. The van der Waals surface area contributed by atoms with E-state index in [1.807, 2.05) is 55.5 Å². The highest BCUT2D eigenvalue weighted by molar-refractivity contribution is 7.80. The van der Waals surface area contributed by atoms with E-state index in [2.05, 4.69) is 5.32 Å². The number of carbonyl (C=O) groups excluding carboxylic acids is 1. The lowest BCUT2D eigenvalue weighted by atomic mass is 10.00. The minimum atomic E-state index is -0.334. The van der Waals surface area contributed by atoms with Crippen molar-refractivity contribution in [2.24, 2.45) is 0 Å². The molecule has 28 heavy (non-hydrogen) atoms. The number of nitrogens with zero attached hydrogens (tertiary/aromatic N) is 1. The molecule has 1 fully saturated rings. The van der Waals surface area contributed by atoms with Crippen LogP contribution in [-0.2, 0) is 4.79 Å². The van der Waals surface area contributed by atoms with Crippen LogP contribution in [0.15, 0.2) is 66.7 Å². The second kappa shape index (κ2) is 7.40. The largest absolute Gasteiger partial charge is 0.456 e. The van der Waals surface area contributed by atoms with Crippen LogP contribution in [0.1, 0.15) is 5.56 Å². The monoisotopic (exact) mass is 392 g/mol. The van der Waals surface area contributed by atoms with E-state index in [0.29, 0.717) is 22.2 Å². The predicted octanol–water partition coefficient (Wildman–Crippen LogP) is 4.81. The lowest BCUT2D eigenvalue weighted by Gasteiger charge is -2.21. The molecule has 0 bridgehead atoms. The third-order valence-corrected chi connectivity index (χ3v) is 4.79. The maximum atomic E-state index is 13.9. The lowest BCUT2D eigenvalue weighted by Crippen LogP contribution is -2.27. The van der Waals surface area contributed by atoms with Crippen molar-refractivity contribution in [3.05, 3.63) is 78.1 Å². The molecule has 0 atom stereocenters. The molecule has 140 valence electrons. The van der Waals surface area contributed by atoms with E-state index in [9.17, 15) is 9.18 Å². The number of nitrogens with one attached hydrogen (secondary N) is 1. The summed E-state index contributed by atoms with van der Waals surface area (Å²) < 4.78 is 20.0. The maximum Gasteiger partial charge on any atom is 0.246 e. The van der Waals surface area contributed by atoms with Gasteiger partial charge in [0, 0.05) is 11.3 Å². The van der Waals surface area contributed by atoms with Gasteiger partial charge in [0.25, 0.3) is 0 Å². The number of ether oxygens (including phenoxy) is 1. The van der Waals surface area contributed by atoms with Crippen molar-refractivity contribution in [2.75, 3.05) is 11.4 Å². The molecule has 3 aromatic rings. The fourth-order valence-electron chi connectivity index (χ4n) is 3.17. The number of amides is 1. The molecular weight excluding hydrogens is 375 g/mol. The quantitative estimate of drug-likeness (QED) is 0.647. The molecule has 1 heterocycles. The lowest BCUT2D eigenvalue weighted by molar-refractivity contribution is -0.117. The van der Waals surface area contributed by atoms with Crippen LogP contribution in [0.3, 0.4) is 0 Å². The van der Waals surface area contributed by atoms with E-state index in [0.717, 1.165) is 16.8 Å². The van der Waals surface area contributed by atoms with Crippen LogP contribution < -0.4 is 15.0 Å². The number of carbonyl (C=O) groups is 1. The SMILES string of the molecule is Cc1cc(N2CC(=O)NC2=S)cc(-c2cccc(F)c2)c1Oc1ccccc1. The second-order valence-corrected chi connectivity index (χ2v) is 6.89. The van der Waals surface area contributed by atoms with Crippen LogP contribution in [0.2, 0.25) is 0 Å². The first-order chi connectivity index (χ1) is 13.5. The van der Waals surface area contributed by atoms with Gasteiger partial charge in [-0.3, -0.25) is 4.79 Å². The summed E-state index contributed by atoms with van der Waals surface area (Å²) in [5.41, 5.74) is 3.00. The van der Waals surface area contributed by atoms with Gasteiger partial charge in [0.15, 0.2) is 5.11 Å². The molecule has 0 unspecified atom stereocenters. The highest BCUT2D eigenvalue weighted by atomic mass is 32.1. The normalized spacial score (nSPS) is 13.6. The molecule has 1 N–H and O–H groups in total. The van der Waals surface area contributed by atoms with E-state index >= 15 is 0 Å². The zero-order valence-electron chi connectivity index (χ0n) is 15.1. The van der Waals surface area contributed by atoms with E-state index in [-0.39, 0.29) is 18.3 Å². The Labute approximate surface area is 167 Å². The Hall–Kier alpha value is -3.25. The zero-order valence-corrected chi connectivity index (χ0v) is 15.9. The van der Waals surface area contributed by atoms with Gasteiger partial charge in [0.1, 0.15) is 23.9 Å². The molecule has 0 radical (unpaired) electrons. The number of aryl methyl sites for hydroxylation is 1. The van der Waals surface area contributed by atoms with Gasteiger partial charge < -0.3 is 15.0 Å². The van der Waals surface area contributed by atoms with Crippen LogP contribution in [0, 0.1) is 12.7 Å². The van der Waals surface area contributed by atoms with Crippen molar-refractivity contribution in [1.82, 2.24) is 5.32 Å². The number of anilines is 1. The van der Waals surface area contributed by atoms with Gasteiger partial charge in [-0.2, -0.15) is 0 Å². The van der Waals surface area contributed by atoms with Crippen LogP contribution in [0.4, 0.5) is 10.1 Å². The number of rotatable bonds is 4. The second-order valence-electron chi connectivity index (χ2n) is 6.50. The molecule has 4 rings (SSSR count). The molecule has 1 aliphatic rings. The molecule has 0 aliphatic carbocycles. The number of para-hydroxylation sites is 1. The van der Waals surface area contributed by atoms with Gasteiger partial charge in [-0.15, -0.1) is 0 Å². The predicted molar refractivity (Wildman–Crippen MR) is 111 cm³/mol. The Balaban J connectivity index is 1.85. The van der Waals surface area contributed by atoms with E-state index in [1.165, 1.54) is 12.1 Å². The fraction of sp³-hybridized carbons (Fsp3) is 0.0909. The zero-order chi connectivity index (χ0) is 19.7. The highest BCUT2D eigenvalue weighted by Gasteiger charge is 2.26. The van der Waals surface area contributed by atoms with Crippen molar-refractivity contribution in [1.29, 1.82) is 0 Å². The van der Waals surface area contributed by atoms with Gasteiger partial charge in [-0.05, 0) is 66.7 Å².